The molecule has 7 rings (SSSR count). The molecule has 4 heterocycles. The van der Waals surface area contributed by atoms with E-state index in [1.807, 2.05) is 84.3 Å². The van der Waals surface area contributed by atoms with Crippen molar-refractivity contribution in [2.75, 3.05) is 19.0 Å². The molecule has 0 fully saturated rings. The summed E-state index contributed by atoms with van der Waals surface area (Å²) in [6.07, 6.45) is 2.21. The van der Waals surface area contributed by atoms with Crippen molar-refractivity contribution in [3.8, 4) is 10.8 Å². The molecule has 2 amide bonds. The number of aliphatic imine (C=N–C) groups is 1. The van der Waals surface area contributed by atoms with E-state index in [0.29, 0.717) is 30.4 Å². The van der Waals surface area contributed by atoms with Crippen LogP contribution in [0.2, 0.25) is 5.02 Å². The molecule has 2 aromatic heterocycles. The van der Waals surface area contributed by atoms with Gasteiger partial charge in [-0.2, -0.15) is 5.10 Å². The molecule has 10 nitrogen and oxygen atoms in total. The molecule has 2 aliphatic rings. The first-order chi connectivity index (χ1) is 26.1. The van der Waals surface area contributed by atoms with Crippen LogP contribution in [0.1, 0.15) is 82.1 Å². The van der Waals surface area contributed by atoms with Gasteiger partial charge in [0.15, 0.2) is 5.82 Å². The van der Waals surface area contributed by atoms with Crippen LogP contribution in [0, 0.1) is 20.8 Å². The Morgan fingerprint density at radius 3 is 2.41 bits per heavy atom. The van der Waals surface area contributed by atoms with Crippen LogP contribution >= 0.6 is 50.5 Å². The number of hydrogen-bond donors (Lipinski definition) is 1. The highest BCUT2D eigenvalue weighted by molar-refractivity contribution is 9.10. The minimum Gasteiger partial charge on any atom is -0.494 e. The van der Waals surface area contributed by atoms with Gasteiger partial charge in [-0.25, -0.2) is 5.01 Å². The number of nitrogens with zero attached hydrogens (tertiary/aromatic N) is 6. The third kappa shape index (κ3) is 8.02. The number of halogens is 3. The van der Waals surface area contributed by atoms with E-state index in [-0.39, 0.29) is 30.2 Å². The molecule has 0 saturated carbocycles. The van der Waals surface area contributed by atoms with Gasteiger partial charge in [-0.1, -0.05) is 63.9 Å². The average Bonchev–Trinajstić information content (AvgIpc) is 3.84. The maximum Gasteiger partial charge on any atom is 0.258 e. The molecule has 1 unspecified atom stereocenters. The van der Waals surface area contributed by atoms with Crippen molar-refractivity contribution in [3.63, 3.8) is 0 Å². The Hall–Kier alpha value is -4.36. The SMILES string of the molecule is Cc1sc2c(c1C)C(c1ccc(Cl)cc1)=N[C@@H](CC(=O)NCCCCOc1ccc(C3CC(c4ccc(Br)cc4)=NN3C(=O)CCl)cc1)c1nnc(C)n1-2. The van der Waals surface area contributed by atoms with Gasteiger partial charge in [0, 0.05) is 38.5 Å². The summed E-state index contributed by atoms with van der Waals surface area (Å²) in [5.74, 6) is 1.63. The number of carbonyl (C=O) groups is 2. The van der Waals surface area contributed by atoms with E-state index in [2.05, 4.69) is 50.4 Å². The number of hydrogen-bond acceptors (Lipinski definition) is 8. The number of amides is 2. The van der Waals surface area contributed by atoms with Gasteiger partial charge in [0.1, 0.15) is 28.5 Å². The lowest BCUT2D eigenvalue weighted by atomic mass is 9.98. The first-order valence-corrected chi connectivity index (χ1v) is 20.2. The van der Waals surface area contributed by atoms with Crippen molar-refractivity contribution in [1.29, 1.82) is 0 Å². The van der Waals surface area contributed by atoms with Crippen molar-refractivity contribution in [2.45, 2.75) is 58.5 Å². The fourth-order valence-corrected chi connectivity index (χ4v) is 8.42. The van der Waals surface area contributed by atoms with Crippen LogP contribution in [0.25, 0.3) is 5.00 Å². The summed E-state index contributed by atoms with van der Waals surface area (Å²) in [6.45, 7) is 7.14. The highest BCUT2D eigenvalue weighted by atomic mass is 79.9. The van der Waals surface area contributed by atoms with Gasteiger partial charge in [0.05, 0.1) is 30.5 Å². The maximum absolute atomic E-state index is 13.3. The number of nitrogens with one attached hydrogen (secondary N) is 1. The van der Waals surface area contributed by atoms with Crippen LogP contribution in [0.5, 0.6) is 5.75 Å². The lowest BCUT2D eigenvalue weighted by molar-refractivity contribution is -0.130. The number of thiophene rings is 1. The number of alkyl halides is 1. The standard InChI is InChI=1S/C40H38BrCl2N7O3S/c1-23-24(2)54-40-37(23)38(28-8-14-30(43)15-9-28)45-33(39-47-46-25(3)49(39)40)21-35(51)44-18-4-5-19-53-31-16-10-27(11-17-31)34-20-32(48-50(34)36(52)22-42)26-6-12-29(41)13-7-26/h6-17,33-34H,4-5,18-22H2,1-3H3,(H,44,51)/t33-,34?/m0/s1. The quantitative estimate of drug-likeness (QED) is 0.0996. The molecule has 0 bridgehead atoms. The van der Waals surface area contributed by atoms with Gasteiger partial charge in [0.25, 0.3) is 5.91 Å². The summed E-state index contributed by atoms with van der Waals surface area (Å²) < 4.78 is 9.04. The van der Waals surface area contributed by atoms with Crippen molar-refractivity contribution in [3.05, 3.63) is 127 Å². The predicted molar refractivity (Wildman–Crippen MR) is 218 cm³/mol. The molecule has 1 N–H and O–H groups in total. The van der Waals surface area contributed by atoms with E-state index in [1.54, 1.807) is 11.3 Å². The molecule has 0 spiro atoms. The number of benzene rings is 3. The van der Waals surface area contributed by atoms with E-state index in [4.69, 9.17) is 32.9 Å². The van der Waals surface area contributed by atoms with Crippen molar-refractivity contribution < 1.29 is 14.3 Å². The molecule has 0 saturated heterocycles. The molecule has 2 aliphatic heterocycles. The Labute approximate surface area is 336 Å². The fraction of sp³-hybridized carbons (Fsp3) is 0.300. The van der Waals surface area contributed by atoms with Crippen LogP contribution in [0.15, 0.2) is 87.4 Å². The summed E-state index contributed by atoms with van der Waals surface area (Å²) in [5, 5.41) is 19.7. The molecule has 2 atom stereocenters. The Balaban J connectivity index is 0.933. The fourth-order valence-electron chi connectivity index (χ4n) is 6.69. The molecule has 278 valence electrons. The Bertz CT molecular complexity index is 2230. The molecule has 14 heteroatoms. The van der Waals surface area contributed by atoms with E-state index >= 15 is 0 Å². The molecule has 54 heavy (non-hydrogen) atoms. The second-order valence-corrected chi connectivity index (χ2v) is 16.1. The van der Waals surface area contributed by atoms with Crippen LogP contribution in [0.3, 0.4) is 0 Å². The molecular formula is C40H38BrCl2N7O3S. The number of hydrazone groups is 1. The lowest BCUT2D eigenvalue weighted by Crippen LogP contribution is -2.27. The number of carbonyl (C=O) groups excluding carboxylic acids is 2. The normalized spacial score (nSPS) is 16.3. The zero-order valence-electron chi connectivity index (χ0n) is 30.0. The highest BCUT2D eigenvalue weighted by Gasteiger charge is 2.34. The van der Waals surface area contributed by atoms with E-state index in [9.17, 15) is 9.59 Å². The second kappa shape index (κ2) is 16.6. The van der Waals surface area contributed by atoms with Gasteiger partial charge < -0.3 is 10.1 Å². The van der Waals surface area contributed by atoms with Gasteiger partial charge >= 0.3 is 0 Å². The van der Waals surface area contributed by atoms with Crippen LogP contribution in [0.4, 0.5) is 0 Å². The molecule has 0 aliphatic carbocycles. The van der Waals surface area contributed by atoms with E-state index in [1.165, 1.54) is 9.89 Å². The van der Waals surface area contributed by atoms with Crippen LogP contribution < -0.4 is 10.1 Å². The van der Waals surface area contributed by atoms with Crippen molar-refractivity contribution in [1.82, 2.24) is 25.1 Å². The largest absolute Gasteiger partial charge is 0.494 e. The number of aryl methyl sites for hydroxylation is 2. The minimum absolute atomic E-state index is 0.109. The number of fused-ring (bicyclic) bond motifs is 3. The number of rotatable bonds is 12. The minimum atomic E-state index is -0.522. The van der Waals surface area contributed by atoms with Crippen LogP contribution in [-0.2, 0) is 9.59 Å². The average molecular weight is 848 g/mol. The number of unbranched alkanes of at least 4 members (excludes halogenated alkanes) is 1. The lowest BCUT2D eigenvalue weighted by Gasteiger charge is -2.21. The smallest absolute Gasteiger partial charge is 0.258 e. The zero-order valence-corrected chi connectivity index (χ0v) is 33.9. The highest BCUT2D eigenvalue weighted by Crippen LogP contribution is 2.40. The second-order valence-electron chi connectivity index (χ2n) is 13.2. The number of ether oxygens (including phenoxy) is 1. The summed E-state index contributed by atoms with van der Waals surface area (Å²) in [5.41, 5.74) is 6.68. The molecule has 3 aromatic carbocycles. The maximum atomic E-state index is 13.3. The van der Waals surface area contributed by atoms with E-state index < -0.39 is 6.04 Å². The molecule has 0 radical (unpaired) electrons. The summed E-state index contributed by atoms with van der Waals surface area (Å²) in [7, 11) is 0. The Morgan fingerprint density at radius 2 is 1.69 bits per heavy atom. The summed E-state index contributed by atoms with van der Waals surface area (Å²) >= 11 is 17.3. The zero-order chi connectivity index (χ0) is 37.9. The van der Waals surface area contributed by atoms with Gasteiger partial charge in [0.2, 0.25) is 5.91 Å². The van der Waals surface area contributed by atoms with Gasteiger partial charge in [-0.05, 0) is 86.7 Å². The van der Waals surface area contributed by atoms with E-state index in [0.717, 1.165) is 73.1 Å². The summed E-state index contributed by atoms with van der Waals surface area (Å²) in [4.78, 5) is 32.4. The van der Waals surface area contributed by atoms with Crippen molar-refractivity contribution in [2.24, 2.45) is 10.1 Å². The first-order valence-electron chi connectivity index (χ1n) is 17.7. The third-order valence-electron chi connectivity index (χ3n) is 9.62. The predicted octanol–water partition coefficient (Wildman–Crippen LogP) is 8.84. The monoisotopic (exact) mass is 845 g/mol. The summed E-state index contributed by atoms with van der Waals surface area (Å²) in [6, 6.07) is 22.5. The topological polar surface area (TPSA) is 114 Å². The molecular weight excluding hydrogens is 809 g/mol. The number of aromatic nitrogens is 3. The first kappa shape index (κ1) is 37.9. The Kier molecular flexibility index (Phi) is 11.6. The van der Waals surface area contributed by atoms with Gasteiger partial charge in [-0.15, -0.1) is 33.1 Å². The van der Waals surface area contributed by atoms with Crippen LogP contribution in [-0.4, -0.2) is 62.0 Å². The third-order valence-corrected chi connectivity index (χ3v) is 11.8. The molecule has 5 aromatic rings. The Morgan fingerprint density at radius 1 is 0.963 bits per heavy atom. The van der Waals surface area contributed by atoms with Gasteiger partial charge in [-0.3, -0.25) is 19.1 Å². The van der Waals surface area contributed by atoms with Crippen molar-refractivity contribution >= 4 is 73.7 Å².